The predicted octanol–water partition coefficient (Wildman–Crippen LogP) is 6.54. The van der Waals surface area contributed by atoms with Crippen LogP contribution in [-0.2, 0) is 32.8 Å². The summed E-state index contributed by atoms with van der Waals surface area (Å²) in [6.45, 7) is 14.5. The molecule has 4 rings (SSSR count). The van der Waals surface area contributed by atoms with Crippen molar-refractivity contribution in [2.75, 3.05) is 7.11 Å². The van der Waals surface area contributed by atoms with Gasteiger partial charge in [0.2, 0.25) is 0 Å². The second-order valence-electron chi connectivity index (χ2n) is 12.9. The largest absolute Gasteiger partial charge is 0.453 e. The molecule has 2 saturated heterocycles. The minimum Gasteiger partial charge on any atom is -0.453 e. The summed E-state index contributed by atoms with van der Waals surface area (Å²) in [6, 6.07) is 17.7. The maximum absolute atomic E-state index is 13.2. The van der Waals surface area contributed by atoms with Gasteiger partial charge in [0.1, 0.15) is 12.2 Å². The molecule has 0 saturated carbocycles. The number of methoxy groups -OCH3 is 1. The number of benzene rings is 2. The van der Waals surface area contributed by atoms with E-state index in [0.717, 1.165) is 0 Å². The highest BCUT2D eigenvalue weighted by molar-refractivity contribution is 14.1. The maximum atomic E-state index is 13.2. The molecular formula is C33H45IO9Si. The first kappa shape index (κ1) is 35.0. The minimum atomic E-state index is -2.33. The smallest absolute Gasteiger partial charge is 0.338 e. The Morgan fingerprint density at radius 1 is 0.818 bits per heavy atom. The molecule has 0 aliphatic carbocycles. The highest BCUT2D eigenvalue weighted by atomic mass is 127. The lowest BCUT2D eigenvalue weighted by Gasteiger charge is -2.49. The van der Waals surface area contributed by atoms with Crippen LogP contribution >= 0.6 is 22.6 Å². The molecule has 2 aromatic carbocycles. The molecular weight excluding hydrogens is 695 g/mol. The average molecular weight is 741 g/mol. The Morgan fingerprint density at radius 3 is 1.82 bits per heavy atom. The van der Waals surface area contributed by atoms with Crippen LogP contribution in [0.15, 0.2) is 60.7 Å². The fourth-order valence-corrected chi connectivity index (χ4v) is 7.53. The normalized spacial score (nSPS) is 31.2. The van der Waals surface area contributed by atoms with Crippen molar-refractivity contribution in [1.82, 2.24) is 0 Å². The van der Waals surface area contributed by atoms with Crippen LogP contribution in [0.5, 0.6) is 0 Å². The van der Waals surface area contributed by atoms with Crippen LogP contribution in [-0.4, -0.2) is 80.5 Å². The monoisotopic (exact) mass is 740 g/mol. The number of ether oxygens (including phenoxy) is 6. The van der Waals surface area contributed by atoms with E-state index in [4.69, 9.17) is 32.8 Å². The highest BCUT2D eigenvalue weighted by Gasteiger charge is 2.52. The third-order valence-corrected chi connectivity index (χ3v) is 14.4. The van der Waals surface area contributed by atoms with Gasteiger partial charge in [0, 0.05) is 13.5 Å². The van der Waals surface area contributed by atoms with Crippen LogP contribution < -0.4 is 0 Å². The first-order valence-electron chi connectivity index (χ1n) is 15.0. The van der Waals surface area contributed by atoms with Crippen molar-refractivity contribution in [3.8, 4) is 0 Å². The summed E-state index contributed by atoms with van der Waals surface area (Å²) in [7, 11) is -0.766. The Kier molecular flexibility index (Phi) is 11.7. The van der Waals surface area contributed by atoms with Gasteiger partial charge in [0.25, 0.3) is 0 Å². The molecule has 0 amide bonds. The Morgan fingerprint density at radius 2 is 1.32 bits per heavy atom. The van der Waals surface area contributed by atoms with Crippen LogP contribution in [0.25, 0.3) is 0 Å². The van der Waals surface area contributed by atoms with Gasteiger partial charge >= 0.3 is 11.9 Å². The van der Waals surface area contributed by atoms with Gasteiger partial charge in [0.05, 0.1) is 27.3 Å². The third-order valence-electron chi connectivity index (χ3n) is 8.64. The van der Waals surface area contributed by atoms with E-state index in [2.05, 4.69) is 56.5 Å². The molecule has 9 nitrogen and oxygen atoms in total. The molecule has 0 aromatic heterocycles. The molecule has 0 spiro atoms. The van der Waals surface area contributed by atoms with Crippen molar-refractivity contribution in [1.29, 1.82) is 0 Å². The number of carbonyl (C=O) groups excluding carboxylic acids is 2. The zero-order chi connectivity index (χ0) is 32.2. The van der Waals surface area contributed by atoms with E-state index < -0.39 is 69.5 Å². The molecule has 0 unspecified atom stereocenters. The summed E-state index contributed by atoms with van der Waals surface area (Å²) >= 11 is 2.28. The van der Waals surface area contributed by atoms with E-state index in [9.17, 15) is 9.59 Å². The number of carbonyl (C=O) groups is 2. The van der Waals surface area contributed by atoms with E-state index >= 15 is 0 Å². The molecule has 2 aliphatic rings. The minimum absolute atomic E-state index is 0.0895. The number of hydrogen-bond donors (Lipinski definition) is 0. The summed E-state index contributed by atoms with van der Waals surface area (Å²) in [5.74, 6) is -0.904. The topological polar surface area (TPSA) is 98.8 Å². The van der Waals surface area contributed by atoms with Crippen LogP contribution in [0.3, 0.4) is 0 Å². The molecule has 11 heteroatoms. The second kappa shape index (κ2) is 14.7. The molecule has 0 radical (unpaired) electrons. The predicted molar refractivity (Wildman–Crippen MR) is 176 cm³/mol. The summed E-state index contributed by atoms with van der Waals surface area (Å²) in [6.07, 6.45) is -4.53. The van der Waals surface area contributed by atoms with Gasteiger partial charge in [0.15, 0.2) is 33.1 Å². The number of hydrogen-bond acceptors (Lipinski definition) is 9. The lowest BCUT2D eigenvalue weighted by molar-refractivity contribution is -0.298. The number of esters is 2. The first-order chi connectivity index (χ1) is 20.7. The lowest BCUT2D eigenvalue weighted by atomic mass is 10.00. The van der Waals surface area contributed by atoms with Crippen LogP contribution in [0.1, 0.15) is 61.8 Å². The number of halogens is 1. The van der Waals surface area contributed by atoms with Crippen LogP contribution in [0.4, 0.5) is 0 Å². The zero-order valence-electron chi connectivity index (χ0n) is 26.7. The van der Waals surface area contributed by atoms with E-state index in [0.29, 0.717) is 17.5 Å². The Labute approximate surface area is 275 Å². The Hall–Kier alpha value is -1.87. The Bertz CT molecular complexity index is 1240. The SMILES string of the molecule is CO[C@@H]1C[C@@H](O[C@H]2O[C@H](C)[C@@H](OC(=O)c3ccccc3)[C@H](O[Si](C)(C)C(C)(C)C)[C@@H]2I)[C@H](OC(=O)c2ccccc2)[C@@H](C)O1. The summed E-state index contributed by atoms with van der Waals surface area (Å²) < 4.78 is 43.3. The van der Waals surface area contributed by atoms with Gasteiger partial charge in [-0.15, -0.1) is 0 Å². The van der Waals surface area contributed by atoms with Gasteiger partial charge in [-0.3, -0.25) is 0 Å². The van der Waals surface area contributed by atoms with E-state index in [1.54, 1.807) is 55.6 Å². The standard InChI is InChI=1S/C33H45IO9Si/c1-20-27(41-30(35)22-15-11-9-12-16-22)24(19-25(37-6)38-20)40-32-26(34)29(43-44(7,8)33(3,4)5)28(21(2)39-32)42-31(36)23-17-13-10-14-18-23/h9-18,20-21,24-29,32H,19H2,1-8H3/t20-,21-,24-,25+,26+,27-,28-,29-,32-/m1/s1. The summed E-state index contributed by atoms with van der Waals surface area (Å²) in [5, 5.41) is -0.0895. The summed E-state index contributed by atoms with van der Waals surface area (Å²) in [4.78, 5) is 26.3. The molecule has 2 aromatic rings. The molecule has 0 N–H and O–H groups in total. The number of rotatable bonds is 9. The molecule has 44 heavy (non-hydrogen) atoms. The van der Waals surface area contributed by atoms with Crippen molar-refractivity contribution < 1.29 is 42.4 Å². The van der Waals surface area contributed by atoms with Gasteiger partial charge in [-0.25, -0.2) is 9.59 Å². The van der Waals surface area contributed by atoms with Gasteiger partial charge in [-0.2, -0.15) is 0 Å². The van der Waals surface area contributed by atoms with Crippen LogP contribution in [0, 0.1) is 0 Å². The Balaban J connectivity index is 1.59. The van der Waals surface area contributed by atoms with Crippen molar-refractivity contribution in [3.63, 3.8) is 0 Å². The van der Waals surface area contributed by atoms with Gasteiger partial charge in [-0.1, -0.05) is 79.8 Å². The van der Waals surface area contributed by atoms with Crippen molar-refractivity contribution >= 4 is 42.8 Å². The molecule has 0 bridgehead atoms. The van der Waals surface area contributed by atoms with E-state index in [-0.39, 0.29) is 8.96 Å². The fraction of sp³-hybridized carbons (Fsp3) is 0.576. The van der Waals surface area contributed by atoms with Crippen molar-refractivity contribution in [2.45, 2.75) is 112 Å². The van der Waals surface area contributed by atoms with Crippen LogP contribution in [0.2, 0.25) is 18.1 Å². The molecule has 2 fully saturated rings. The van der Waals surface area contributed by atoms with Gasteiger partial charge < -0.3 is 32.8 Å². The fourth-order valence-electron chi connectivity index (χ4n) is 5.05. The van der Waals surface area contributed by atoms with Gasteiger partial charge in [-0.05, 0) is 56.2 Å². The van der Waals surface area contributed by atoms with E-state index in [1.165, 1.54) is 0 Å². The first-order valence-corrected chi connectivity index (χ1v) is 19.2. The zero-order valence-corrected chi connectivity index (χ0v) is 29.9. The molecule has 9 atom stereocenters. The maximum Gasteiger partial charge on any atom is 0.338 e. The average Bonchev–Trinajstić information content (AvgIpc) is 2.99. The highest BCUT2D eigenvalue weighted by Crippen LogP contribution is 2.42. The van der Waals surface area contributed by atoms with E-state index in [1.807, 2.05) is 26.0 Å². The van der Waals surface area contributed by atoms with Crippen molar-refractivity contribution in [3.05, 3.63) is 71.8 Å². The van der Waals surface area contributed by atoms with Crippen molar-refractivity contribution in [2.24, 2.45) is 0 Å². The lowest BCUT2D eigenvalue weighted by Crippen LogP contribution is -2.62. The molecule has 2 heterocycles. The molecule has 242 valence electrons. The molecule has 2 aliphatic heterocycles. The number of alkyl halides is 1. The second-order valence-corrected chi connectivity index (χ2v) is 19.1. The third kappa shape index (κ3) is 8.28. The summed E-state index contributed by atoms with van der Waals surface area (Å²) in [5.41, 5.74) is 0.895. The quantitative estimate of drug-likeness (QED) is 0.123.